The number of nitrogens with zero attached hydrogens (tertiary/aromatic N) is 3. The number of aryl methyl sites for hydroxylation is 2. The zero-order valence-electron chi connectivity index (χ0n) is 26.0. The number of thiophene rings is 1. The van der Waals surface area contributed by atoms with E-state index < -0.39 is 41.5 Å². The fraction of sp³-hybridized carbons (Fsp3) is 0.294. The summed E-state index contributed by atoms with van der Waals surface area (Å²) in [6, 6.07) is 13.3. The van der Waals surface area contributed by atoms with E-state index >= 15 is 8.78 Å². The van der Waals surface area contributed by atoms with Crippen molar-refractivity contribution in [2.75, 3.05) is 4.90 Å². The van der Waals surface area contributed by atoms with E-state index in [1.54, 1.807) is 6.92 Å². The highest BCUT2D eigenvalue weighted by Gasteiger charge is 2.85. The third-order valence-electron chi connectivity index (χ3n) is 9.35. The lowest BCUT2D eigenvalue weighted by atomic mass is 9.37. The highest BCUT2D eigenvalue weighted by Crippen LogP contribution is 2.65. The Bertz CT molecular complexity index is 2230. The number of anilines is 3. The lowest BCUT2D eigenvalue weighted by molar-refractivity contribution is -0.386. The van der Waals surface area contributed by atoms with Gasteiger partial charge in [0.15, 0.2) is 0 Å². The maximum Gasteiger partial charge on any atom is 0.382 e. The van der Waals surface area contributed by atoms with Crippen LogP contribution in [0.2, 0.25) is 0 Å². The van der Waals surface area contributed by atoms with Crippen LogP contribution in [0.25, 0.3) is 10.1 Å². The summed E-state index contributed by atoms with van der Waals surface area (Å²) in [5.74, 6) is -22.8. The van der Waals surface area contributed by atoms with Gasteiger partial charge in [-0.2, -0.15) is 40.1 Å². The summed E-state index contributed by atoms with van der Waals surface area (Å²) < 4.78 is 126. The molecule has 0 radical (unpaired) electrons. The van der Waals surface area contributed by atoms with Gasteiger partial charge in [0.1, 0.15) is 17.4 Å². The summed E-state index contributed by atoms with van der Waals surface area (Å²) in [4.78, 5) is 10.6. The molecular formula is C34H24BF8N3OS. The first-order valence-corrected chi connectivity index (χ1v) is 15.8. The van der Waals surface area contributed by atoms with Crippen molar-refractivity contribution in [2.24, 2.45) is 0 Å². The van der Waals surface area contributed by atoms with Gasteiger partial charge >= 0.3 is 23.7 Å². The lowest BCUT2D eigenvalue weighted by Crippen LogP contribution is -2.63. The molecule has 3 aromatic carbocycles. The maximum atomic E-state index is 15.4. The first-order valence-electron chi connectivity index (χ1n) is 15.0. The van der Waals surface area contributed by atoms with Crippen LogP contribution in [0.4, 0.5) is 52.3 Å². The lowest BCUT2D eigenvalue weighted by Gasteiger charge is -2.43. The number of ether oxygens (including phenoxy) is 1. The van der Waals surface area contributed by atoms with E-state index in [1.165, 1.54) is 16.2 Å². The molecule has 48 heavy (non-hydrogen) atoms. The van der Waals surface area contributed by atoms with Crippen molar-refractivity contribution in [3.8, 4) is 11.6 Å². The van der Waals surface area contributed by atoms with Crippen molar-refractivity contribution in [3.05, 3.63) is 82.7 Å². The van der Waals surface area contributed by atoms with Gasteiger partial charge in [-0.15, -0.1) is 11.3 Å². The molecule has 0 unspecified atom stereocenters. The minimum Gasteiger partial charge on any atom is -0.440 e. The molecule has 0 saturated carbocycles. The summed E-state index contributed by atoms with van der Waals surface area (Å²) >= 11 is 1.42. The summed E-state index contributed by atoms with van der Waals surface area (Å²) in [5, 5.41) is 0.679. The molecule has 2 aliphatic heterocycles. The number of aromatic nitrogens is 2. The van der Waals surface area contributed by atoms with Gasteiger partial charge in [0, 0.05) is 37.1 Å². The average molecular weight is 685 g/mol. The van der Waals surface area contributed by atoms with Gasteiger partial charge in [-0.25, -0.2) is 4.98 Å². The summed E-state index contributed by atoms with van der Waals surface area (Å²) in [5.41, 5.74) is -0.740. The molecule has 0 amide bonds. The highest BCUT2D eigenvalue weighted by atomic mass is 32.1. The SMILES string of the molecule is Cc1ccc2c(c1)B1c3sc4ccc(C(C)(C)C)cc4c3N(c3ccc4c(c3)C(F)(F)C(F)(F)C(F)(F)C4(F)F)c3nc(C)nc(c31)O2. The van der Waals surface area contributed by atoms with Gasteiger partial charge in [0.25, 0.3) is 6.71 Å². The number of rotatable bonds is 1. The Hall–Kier alpha value is -4.20. The van der Waals surface area contributed by atoms with Gasteiger partial charge in [0.05, 0.1) is 5.69 Å². The Labute approximate surface area is 273 Å². The normalized spacial score (nSPS) is 19.3. The number of benzene rings is 3. The molecule has 0 spiro atoms. The Kier molecular flexibility index (Phi) is 6.01. The summed E-state index contributed by atoms with van der Waals surface area (Å²) in [7, 11) is 0. The number of fused-ring (bicyclic) bond motifs is 7. The Morgan fingerprint density at radius 2 is 1.48 bits per heavy atom. The van der Waals surface area contributed by atoms with Crippen molar-refractivity contribution in [1.29, 1.82) is 0 Å². The molecule has 8 rings (SSSR count). The first kappa shape index (κ1) is 31.1. The number of halogens is 8. The third-order valence-corrected chi connectivity index (χ3v) is 10.6. The molecule has 2 aromatic heterocycles. The van der Waals surface area contributed by atoms with E-state index in [4.69, 9.17) is 4.74 Å². The standard InChI is InChI=1S/C34H24BF8N3OS/c1-15-6-10-23-22(12-15)35-25-28(44-16(2)45-29(25)47-23)46(26-19-13-17(30(3,4)5)7-11-24(19)48-27(26)35)18-8-9-20-21(14-18)32(38,39)34(42,43)33(40,41)31(20,36)37/h6-14H,1-5H3. The van der Waals surface area contributed by atoms with Crippen molar-refractivity contribution in [1.82, 2.24) is 9.97 Å². The Morgan fingerprint density at radius 1 is 0.792 bits per heavy atom. The van der Waals surface area contributed by atoms with Crippen molar-refractivity contribution >= 4 is 61.0 Å². The zero-order valence-corrected chi connectivity index (χ0v) is 26.8. The minimum absolute atomic E-state index is 0.158. The molecule has 0 saturated heterocycles. The van der Waals surface area contributed by atoms with E-state index in [2.05, 4.69) is 9.97 Å². The van der Waals surface area contributed by atoms with Crippen LogP contribution in [0, 0.1) is 13.8 Å². The predicted octanol–water partition coefficient (Wildman–Crippen LogP) is 8.48. The van der Waals surface area contributed by atoms with Crippen LogP contribution in [-0.4, -0.2) is 28.5 Å². The monoisotopic (exact) mass is 685 g/mol. The van der Waals surface area contributed by atoms with E-state index in [-0.39, 0.29) is 28.6 Å². The molecule has 4 nitrogen and oxygen atoms in total. The van der Waals surface area contributed by atoms with Crippen LogP contribution in [0.15, 0.2) is 54.6 Å². The largest absolute Gasteiger partial charge is 0.440 e. The molecule has 0 fully saturated rings. The van der Waals surface area contributed by atoms with Crippen molar-refractivity contribution < 1.29 is 39.9 Å². The number of alkyl halides is 8. The topological polar surface area (TPSA) is 38.2 Å². The van der Waals surface area contributed by atoms with Crippen LogP contribution >= 0.6 is 11.3 Å². The summed E-state index contributed by atoms with van der Waals surface area (Å²) in [6.45, 7) is 9.06. The van der Waals surface area contributed by atoms with Crippen LogP contribution in [0.3, 0.4) is 0 Å². The smallest absolute Gasteiger partial charge is 0.382 e. The summed E-state index contributed by atoms with van der Waals surface area (Å²) in [6.07, 6.45) is 0. The van der Waals surface area contributed by atoms with E-state index in [0.717, 1.165) is 32.1 Å². The van der Waals surface area contributed by atoms with Crippen LogP contribution in [-0.2, 0) is 17.3 Å². The molecule has 1 aliphatic carbocycles. The van der Waals surface area contributed by atoms with Crippen LogP contribution in [0.5, 0.6) is 11.6 Å². The second-order valence-corrected chi connectivity index (χ2v) is 14.6. The maximum absolute atomic E-state index is 15.4. The molecule has 14 heteroatoms. The zero-order chi connectivity index (χ0) is 34.5. The molecule has 0 bridgehead atoms. The number of hydrogen-bond donors (Lipinski definition) is 0. The number of hydrogen-bond acceptors (Lipinski definition) is 5. The molecule has 3 aliphatic rings. The van der Waals surface area contributed by atoms with Crippen LogP contribution < -0.4 is 25.3 Å². The predicted molar refractivity (Wildman–Crippen MR) is 169 cm³/mol. The third kappa shape index (κ3) is 3.77. The Morgan fingerprint density at radius 3 is 2.17 bits per heavy atom. The average Bonchev–Trinajstić information content (AvgIpc) is 3.38. The van der Waals surface area contributed by atoms with Crippen molar-refractivity contribution in [3.63, 3.8) is 0 Å². The second-order valence-electron chi connectivity index (χ2n) is 13.5. The molecule has 0 atom stereocenters. The van der Waals surface area contributed by atoms with Crippen LogP contribution in [0.1, 0.15) is 48.8 Å². The molecule has 0 N–H and O–H groups in total. The van der Waals surface area contributed by atoms with Gasteiger partial charge in [-0.3, -0.25) is 4.90 Å². The van der Waals surface area contributed by atoms with E-state index in [1.807, 2.05) is 64.1 Å². The second kappa shape index (κ2) is 9.28. The van der Waals surface area contributed by atoms with Gasteiger partial charge in [0.2, 0.25) is 5.88 Å². The molecular weight excluding hydrogens is 661 g/mol. The van der Waals surface area contributed by atoms with Gasteiger partial charge in [-0.05, 0) is 60.6 Å². The minimum atomic E-state index is -6.38. The molecule has 4 heterocycles. The van der Waals surface area contributed by atoms with E-state index in [9.17, 15) is 26.3 Å². The molecule has 246 valence electrons. The highest BCUT2D eigenvalue weighted by molar-refractivity contribution is 7.33. The van der Waals surface area contributed by atoms with E-state index in [0.29, 0.717) is 34.4 Å². The quantitative estimate of drug-likeness (QED) is 0.128. The fourth-order valence-corrected chi connectivity index (χ4v) is 8.15. The van der Waals surface area contributed by atoms with Crippen molar-refractivity contribution in [2.45, 2.75) is 63.7 Å². The fourth-order valence-electron chi connectivity index (χ4n) is 6.85. The van der Waals surface area contributed by atoms with Gasteiger partial charge < -0.3 is 4.74 Å². The first-order chi connectivity index (χ1) is 22.3. The molecule has 5 aromatic rings. The Balaban J connectivity index is 1.47. The van der Waals surface area contributed by atoms with Gasteiger partial charge in [-0.1, -0.05) is 50.6 Å².